The molecule has 0 aliphatic carbocycles. The molecule has 8 aromatic rings. The monoisotopic (exact) mass is 906 g/mol. The van der Waals surface area contributed by atoms with Crippen molar-refractivity contribution in [2.24, 2.45) is 0 Å². The average molecular weight is 907 g/mol. The molecule has 6 heteroatoms. The van der Waals surface area contributed by atoms with E-state index in [0.717, 1.165) is 55.9 Å². The maximum atomic E-state index is 4.93. The van der Waals surface area contributed by atoms with Gasteiger partial charge in [-0.3, -0.25) is 0 Å². The van der Waals surface area contributed by atoms with Crippen molar-refractivity contribution < 1.29 is 21.1 Å². The van der Waals surface area contributed by atoms with E-state index in [1.54, 1.807) is 0 Å². The van der Waals surface area contributed by atoms with Crippen LogP contribution in [-0.2, 0) is 31.9 Å². The summed E-state index contributed by atoms with van der Waals surface area (Å²) in [7, 11) is 0. The second-order valence-corrected chi connectivity index (χ2v) is 16.7. The summed E-state index contributed by atoms with van der Waals surface area (Å²) in [4.78, 5) is 9.49. The second-order valence-electron chi connectivity index (χ2n) is 16.7. The van der Waals surface area contributed by atoms with Crippen LogP contribution in [0.1, 0.15) is 52.7 Å². The van der Waals surface area contributed by atoms with Crippen molar-refractivity contribution in [3.8, 4) is 5.82 Å². The fourth-order valence-electron chi connectivity index (χ4n) is 7.91. The minimum absolute atomic E-state index is 0. The van der Waals surface area contributed by atoms with Crippen LogP contribution in [0.25, 0.3) is 27.6 Å². The molecular weight excluding hydrogens is 862 g/mol. The molecule has 2 aromatic heterocycles. The first-order chi connectivity index (χ1) is 26.5. The molecule has 4 nitrogen and oxygen atoms in total. The van der Waals surface area contributed by atoms with E-state index < -0.39 is 0 Å². The van der Waals surface area contributed by atoms with Crippen molar-refractivity contribution in [1.82, 2.24) is 9.55 Å². The molecule has 0 radical (unpaired) electrons. The molecule has 280 valence electrons. The third-order valence-electron chi connectivity index (χ3n) is 10.9. The molecule has 0 fully saturated rings. The van der Waals surface area contributed by atoms with Gasteiger partial charge in [0.1, 0.15) is 5.82 Å². The summed E-state index contributed by atoms with van der Waals surface area (Å²) >= 11 is 0. The summed E-state index contributed by atoms with van der Waals surface area (Å²) in [5.74, 6) is 0.901. The molecule has 3 heterocycles. The van der Waals surface area contributed by atoms with E-state index in [0.29, 0.717) is 0 Å². The van der Waals surface area contributed by atoms with Gasteiger partial charge < -0.3 is 14.4 Å². The first kappa shape index (κ1) is 37.5. The van der Waals surface area contributed by atoms with Crippen molar-refractivity contribution in [1.29, 1.82) is 0 Å². The van der Waals surface area contributed by atoms with Crippen LogP contribution in [0.5, 0.6) is 0 Å². The standard InChI is InChI=1S/C50H44BN4.Pt/c1-49(2,3)35-16-14-20-40(30-35)53-34-54(46-25-13-12-24-45(46)53)41-21-15-19-38(32-41)51(37-17-8-7-9-18-37)39-26-27-43-42-22-10-11-23-44(42)55(47(43)33-39)48-31-36(28-29-52-48)50(4,5)6;/h7-31,34H,1-6H3;/q-3;. The minimum Gasteiger partial charge on any atom is -0.493 e. The normalized spacial score (nSPS) is 12.9. The van der Waals surface area contributed by atoms with Gasteiger partial charge in [-0.15, -0.1) is 17.7 Å². The van der Waals surface area contributed by atoms with E-state index in [1.165, 1.54) is 22.0 Å². The Labute approximate surface area is 346 Å². The number of aromatic nitrogens is 2. The molecule has 0 unspecified atom stereocenters. The molecule has 0 saturated carbocycles. The molecule has 6 aromatic carbocycles. The first-order valence-electron chi connectivity index (χ1n) is 19.2. The summed E-state index contributed by atoms with van der Waals surface area (Å²) in [6.07, 6.45) is 1.93. The van der Waals surface area contributed by atoms with Crippen LogP contribution in [0.2, 0.25) is 0 Å². The summed E-state index contributed by atoms with van der Waals surface area (Å²) in [5.41, 5.74) is 12.5. The molecule has 0 amide bonds. The molecule has 1 aliphatic rings. The smallest absolute Gasteiger partial charge is 0.191 e. The van der Waals surface area contributed by atoms with Crippen molar-refractivity contribution in [2.45, 2.75) is 52.4 Å². The zero-order valence-corrected chi connectivity index (χ0v) is 35.0. The van der Waals surface area contributed by atoms with Crippen LogP contribution in [0.15, 0.2) is 152 Å². The predicted molar refractivity (Wildman–Crippen MR) is 233 cm³/mol. The summed E-state index contributed by atoms with van der Waals surface area (Å²) < 4.78 is 2.28. The van der Waals surface area contributed by atoms with E-state index in [2.05, 4.69) is 220 Å². The number of para-hydroxylation sites is 3. The van der Waals surface area contributed by atoms with E-state index in [4.69, 9.17) is 4.98 Å². The largest absolute Gasteiger partial charge is 0.493 e. The van der Waals surface area contributed by atoms with E-state index in [9.17, 15) is 0 Å². The Bertz CT molecular complexity index is 2690. The topological polar surface area (TPSA) is 24.3 Å². The summed E-state index contributed by atoms with van der Waals surface area (Å²) in [5, 5.41) is 2.35. The molecule has 0 spiro atoms. The van der Waals surface area contributed by atoms with Crippen LogP contribution >= 0.6 is 0 Å². The molecule has 1 aliphatic heterocycles. The summed E-state index contributed by atoms with van der Waals surface area (Å²) in [6, 6.07) is 60.1. The molecule has 0 atom stereocenters. The van der Waals surface area contributed by atoms with Gasteiger partial charge in [0.15, 0.2) is 6.71 Å². The maximum absolute atomic E-state index is 4.93. The van der Waals surface area contributed by atoms with Gasteiger partial charge in [-0.05, 0) is 69.8 Å². The van der Waals surface area contributed by atoms with Crippen molar-refractivity contribution >= 4 is 67.7 Å². The number of fused-ring (bicyclic) bond motifs is 4. The third kappa shape index (κ3) is 6.77. The predicted octanol–water partition coefficient (Wildman–Crippen LogP) is 10.3. The second kappa shape index (κ2) is 14.6. The van der Waals surface area contributed by atoms with E-state index in [-0.39, 0.29) is 38.6 Å². The molecule has 9 rings (SSSR count). The van der Waals surface area contributed by atoms with Crippen LogP contribution < -0.4 is 26.2 Å². The quantitative estimate of drug-likeness (QED) is 0.123. The first-order valence-corrected chi connectivity index (χ1v) is 19.2. The fourth-order valence-corrected chi connectivity index (χ4v) is 7.91. The number of anilines is 4. The van der Waals surface area contributed by atoms with Crippen LogP contribution in [0, 0.1) is 18.8 Å². The van der Waals surface area contributed by atoms with E-state index >= 15 is 0 Å². The number of rotatable bonds is 6. The van der Waals surface area contributed by atoms with Gasteiger partial charge in [-0.1, -0.05) is 125 Å². The van der Waals surface area contributed by atoms with Gasteiger partial charge in [-0.25, -0.2) is 4.98 Å². The third-order valence-corrected chi connectivity index (χ3v) is 10.9. The van der Waals surface area contributed by atoms with Crippen molar-refractivity contribution in [2.75, 3.05) is 9.80 Å². The Kier molecular flexibility index (Phi) is 9.79. The van der Waals surface area contributed by atoms with Crippen molar-refractivity contribution in [3.05, 3.63) is 182 Å². The number of nitrogens with zero attached hydrogens (tertiary/aromatic N) is 4. The van der Waals surface area contributed by atoms with Crippen LogP contribution in [-0.4, -0.2) is 16.3 Å². The Hall–Kier alpha value is -5.38. The van der Waals surface area contributed by atoms with Gasteiger partial charge in [0.25, 0.3) is 0 Å². The number of pyridine rings is 1. The van der Waals surface area contributed by atoms with Gasteiger partial charge >= 0.3 is 0 Å². The van der Waals surface area contributed by atoms with Gasteiger partial charge in [-0.2, -0.15) is 53.4 Å². The molecule has 0 N–H and O–H groups in total. The number of hydrogen-bond donors (Lipinski definition) is 0. The van der Waals surface area contributed by atoms with Gasteiger partial charge in [0, 0.05) is 49.8 Å². The van der Waals surface area contributed by atoms with Crippen LogP contribution in [0.3, 0.4) is 0 Å². The van der Waals surface area contributed by atoms with Gasteiger partial charge in [0.05, 0.1) is 0 Å². The fraction of sp³-hybridized carbons (Fsp3) is 0.160. The maximum Gasteiger partial charge on any atom is 0.191 e. The molecule has 0 bridgehead atoms. The van der Waals surface area contributed by atoms with E-state index in [1.807, 2.05) is 6.20 Å². The van der Waals surface area contributed by atoms with Gasteiger partial charge in [0.2, 0.25) is 0 Å². The number of hydrogen-bond acceptors (Lipinski definition) is 3. The summed E-state index contributed by atoms with van der Waals surface area (Å²) in [6.45, 7) is 15.6. The van der Waals surface area contributed by atoms with Crippen LogP contribution in [0.4, 0.5) is 22.7 Å². The molecule has 0 saturated heterocycles. The Balaban J connectivity index is 0.00000441. The molecular formula is C50H44BN4Pt-3. The zero-order chi connectivity index (χ0) is 37.9. The Morgan fingerprint density at radius 1 is 0.571 bits per heavy atom. The average Bonchev–Trinajstić information content (AvgIpc) is 3.74. The zero-order valence-electron chi connectivity index (χ0n) is 32.7. The minimum atomic E-state index is -0.108. The SMILES string of the molecule is CC(C)(C)c1cccc(N2[CH-]N(c3[c-]c(B(c4[c-]c5c(cc4)c4ccccc4n5-c4cc(C(C)(C)C)ccn4)c4ccccc4)ccc3)c3ccccc32)c1.[Pt]. The Morgan fingerprint density at radius 3 is 2.00 bits per heavy atom. The number of benzene rings is 6. The Morgan fingerprint density at radius 2 is 1.23 bits per heavy atom. The van der Waals surface area contributed by atoms with Crippen molar-refractivity contribution in [3.63, 3.8) is 0 Å². The molecule has 56 heavy (non-hydrogen) atoms.